The molecule has 1 aromatic heterocycles. The molecule has 2 aromatic carbocycles. The van der Waals surface area contributed by atoms with Gasteiger partial charge in [-0.05, 0) is 100 Å². The fourth-order valence-corrected chi connectivity index (χ4v) is 8.59. The van der Waals surface area contributed by atoms with Crippen molar-refractivity contribution in [3.63, 3.8) is 0 Å². The van der Waals surface area contributed by atoms with Gasteiger partial charge in [0.05, 0.1) is 41.5 Å². The number of carbonyl (C=O) groups excluding carboxylic acids is 2. The highest BCUT2D eigenvalue weighted by Gasteiger charge is 2.61. The second kappa shape index (κ2) is 14.6. The number of sulfonamides is 1. The Kier molecular flexibility index (Phi) is 10.3. The van der Waals surface area contributed by atoms with Crippen LogP contribution in [0.3, 0.4) is 0 Å². The molecular formula is C36H42N6O7S. The van der Waals surface area contributed by atoms with Gasteiger partial charge in [-0.3, -0.25) is 9.69 Å². The summed E-state index contributed by atoms with van der Waals surface area (Å²) in [6.07, 6.45) is 3.95. The summed E-state index contributed by atoms with van der Waals surface area (Å²) >= 11 is 0. The molecule has 1 unspecified atom stereocenters. The maximum absolute atomic E-state index is 15.0. The zero-order valence-electron chi connectivity index (χ0n) is 28.6. The van der Waals surface area contributed by atoms with Gasteiger partial charge in [0.25, 0.3) is 21.5 Å². The summed E-state index contributed by atoms with van der Waals surface area (Å²) in [7, 11) is -3.11. The van der Waals surface area contributed by atoms with Crippen molar-refractivity contribution in [1.29, 1.82) is 5.26 Å². The number of carbonyl (C=O) groups is 2. The molecule has 13 nitrogen and oxygen atoms in total. The number of hydrogen-bond donors (Lipinski definition) is 0. The number of piperidine rings is 1. The average Bonchev–Trinajstić information content (AvgIpc) is 3.39. The van der Waals surface area contributed by atoms with Gasteiger partial charge in [0.15, 0.2) is 0 Å². The first kappa shape index (κ1) is 35.1. The van der Waals surface area contributed by atoms with Gasteiger partial charge >= 0.3 is 6.09 Å². The quantitative estimate of drug-likeness (QED) is 0.303. The highest BCUT2D eigenvalue weighted by molar-refractivity contribution is 7.93. The van der Waals surface area contributed by atoms with E-state index in [2.05, 4.69) is 27.8 Å². The Bertz CT molecular complexity index is 1870. The van der Waals surface area contributed by atoms with Crippen LogP contribution < -0.4 is 13.8 Å². The molecule has 0 bridgehead atoms. The second-order valence-electron chi connectivity index (χ2n) is 12.5. The van der Waals surface area contributed by atoms with E-state index in [1.54, 1.807) is 17.9 Å². The molecule has 0 N–H and O–H groups in total. The van der Waals surface area contributed by atoms with Gasteiger partial charge in [-0.15, -0.1) is 0 Å². The van der Waals surface area contributed by atoms with Gasteiger partial charge in [-0.2, -0.15) is 9.57 Å². The summed E-state index contributed by atoms with van der Waals surface area (Å²) < 4.78 is 46.6. The van der Waals surface area contributed by atoms with Crippen LogP contribution in [0.4, 0.5) is 10.5 Å². The number of hydrogen-bond acceptors (Lipinski definition) is 11. The molecule has 3 aromatic rings. The third-order valence-corrected chi connectivity index (χ3v) is 11.4. The van der Waals surface area contributed by atoms with Crippen LogP contribution in [0, 0.1) is 11.3 Å². The molecule has 3 aliphatic rings. The maximum atomic E-state index is 15.0. The molecule has 0 spiro atoms. The molecule has 0 saturated carbocycles. The summed E-state index contributed by atoms with van der Waals surface area (Å²) in [5.74, 6) is -0.636. The van der Waals surface area contributed by atoms with Crippen molar-refractivity contribution in [2.24, 2.45) is 0 Å². The molecule has 6 rings (SSSR count). The number of anilines is 1. The minimum Gasteiger partial charge on any atom is -0.497 e. The van der Waals surface area contributed by atoms with Crippen molar-refractivity contribution < 1.29 is 32.2 Å². The molecule has 50 heavy (non-hydrogen) atoms. The van der Waals surface area contributed by atoms with Gasteiger partial charge < -0.3 is 24.0 Å². The highest BCUT2D eigenvalue weighted by atomic mass is 32.2. The Morgan fingerprint density at radius 2 is 1.72 bits per heavy atom. The molecule has 2 amide bonds. The number of likely N-dealkylation sites (tertiary alicyclic amines) is 1. The third kappa shape index (κ3) is 6.36. The van der Waals surface area contributed by atoms with Gasteiger partial charge in [0.2, 0.25) is 5.88 Å². The molecule has 4 heterocycles. The summed E-state index contributed by atoms with van der Waals surface area (Å²) in [6.45, 7) is 9.31. The summed E-state index contributed by atoms with van der Waals surface area (Å²) in [5, 5.41) is 9.89. The molecule has 0 radical (unpaired) electrons. The number of fused-ring (bicyclic) bond motifs is 1. The zero-order chi connectivity index (χ0) is 35.5. The van der Waals surface area contributed by atoms with Gasteiger partial charge in [-0.25, -0.2) is 18.2 Å². The van der Waals surface area contributed by atoms with Crippen molar-refractivity contribution in [3.05, 3.63) is 77.5 Å². The van der Waals surface area contributed by atoms with E-state index in [4.69, 9.17) is 14.2 Å². The van der Waals surface area contributed by atoms with Crippen molar-refractivity contribution in [1.82, 2.24) is 19.7 Å². The lowest BCUT2D eigenvalue weighted by molar-refractivity contribution is -0.132. The van der Waals surface area contributed by atoms with E-state index in [-0.39, 0.29) is 39.8 Å². The first-order valence-corrected chi connectivity index (χ1v) is 18.4. The van der Waals surface area contributed by atoms with Crippen molar-refractivity contribution in [3.8, 4) is 17.7 Å². The number of amides is 2. The molecule has 2 fully saturated rings. The number of aromatic nitrogens is 1. The van der Waals surface area contributed by atoms with Gasteiger partial charge in [0.1, 0.15) is 5.75 Å². The van der Waals surface area contributed by atoms with E-state index in [1.165, 1.54) is 61.8 Å². The van der Waals surface area contributed by atoms with Crippen LogP contribution in [0.2, 0.25) is 0 Å². The smallest absolute Gasteiger partial charge is 0.411 e. The summed E-state index contributed by atoms with van der Waals surface area (Å²) in [6, 6.07) is 15.4. The molecule has 1 atom stereocenters. The van der Waals surface area contributed by atoms with Crippen LogP contribution in [0.15, 0.2) is 65.7 Å². The molecule has 0 aliphatic carbocycles. The Morgan fingerprint density at radius 1 is 1.00 bits per heavy atom. The Morgan fingerprint density at radius 3 is 2.36 bits per heavy atom. The third-order valence-electron chi connectivity index (χ3n) is 9.66. The van der Waals surface area contributed by atoms with E-state index in [0.29, 0.717) is 42.3 Å². The average molecular weight is 703 g/mol. The van der Waals surface area contributed by atoms with Gasteiger partial charge in [-0.1, -0.05) is 6.92 Å². The number of ether oxygens (including phenoxy) is 3. The van der Waals surface area contributed by atoms with Crippen LogP contribution in [-0.2, 0) is 25.2 Å². The minimum absolute atomic E-state index is 0.00705. The predicted molar refractivity (Wildman–Crippen MR) is 184 cm³/mol. The van der Waals surface area contributed by atoms with Crippen molar-refractivity contribution in [2.45, 2.75) is 49.6 Å². The number of rotatable bonds is 10. The topological polar surface area (TPSA) is 146 Å². The Labute approximate surface area is 293 Å². The standard InChI is InChI=1S/C36H42N6O7S/c1-4-17-39-18-14-27(15-19-39)40-20-22-41(23-21-40)35(44)49-36(30-7-6-16-38-33(30)48-5-2)31-24-26(25-37)8-13-32(31)42(34(36)43)50(45,46)29-11-9-28(47-3)10-12-29/h6-13,16,24,27H,4-5,14-15,17-23H2,1-3H3. The normalized spacial score (nSPS) is 20.3. The maximum Gasteiger partial charge on any atom is 0.411 e. The van der Waals surface area contributed by atoms with Crippen LogP contribution in [-0.4, -0.2) is 106 Å². The summed E-state index contributed by atoms with van der Waals surface area (Å²) in [5.41, 5.74) is -2.20. The first-order valence-electron chi connectivity index (χ1n) is 17.0. The van der Waals surface area contributed by atoms with E-state index in [1.807, 2.05) is 0 Å². The number of methoxy groups -OCH3 is 1. The first-order chi connectivity index (χ1) is 24.2. The highest BCUT2D eigenvalue weighted by Crippen LogP contribution is 2.51. The number of pyridine rings is 1. The number of piperazine rings is 1. The van der Waals surface area contributed by atoms with Crippen LogP contribution in [0.1, 0.15) is 49.8 Å². The lowest BCUT2D eigenvalue weighted by Gasteiger charge is -2.43. The zero-order valence-corrected chi connectivity index (χ0v) is 29.4. The van der Waals surface area contributed by atoms with E-state index in [9.17, 15) is 23.3 Å². The van der Waals surface area contributed by atoms with E-state index >= 15 is 0 Å². The molecule has 2 saturated heterocycles. The van der Waals surface area contributed by atoms with Crippen molar-refractivity contribution in [2.75, 3.05) is 63.8 Å². The van der Waals surface area contributed by atoms with E-state index in [0.717, 1.165) is 38.9 Å². The van der Waals surface area contributed by atoms with Crippen LogP contribution >= 0.6 is 0 Å². The molecule has 14 heteroatoms. The van der Waals surface area contributed by atoms with E-state index < -0.39 is 27.6 Å². The monoisotopic (exact) mass is 702 g/mol. The Balaban J connectivity index is 1.38. The van der Waals surface area contributed by atoms with Gasteiger partial charge in [0, 0.05) is 44.0 Å². The predicted octanol–water partition coefficient (Wildman–Crippen LogP) is 3.97. The van der Waals surface area contributed by atoms with Crippen LogP contribution in [0.5, 0.6) is 11.6 Å². The fraction of sp³-hybridized carbons (Fsp3) is 0.444. The second-order valence-corrected chi connectivity index (χ2v) is 14.3. The van der Waals surface area contributed by atoms with Crippen molar-refractivity contribution >= 4 is 27.7 Å². The molecule has 264 valence electrons. The number of benzene rings is 2. The molecular weight excluding hydrogens is 660 g/mol. The lowest BCUT2D eigenvalue weighted by Crippen LogP contribution is -2.56. The fourth-order valence-electron chi connectivity index (χ4n) is 7.14. The Hall–Kier alpha value is -4.71. The van der Waals surface area contributed by atoms with Crippen LogP contribution in [0.25, 0.3) is 0 Å². The summed E-state index contributed by atoms with van der Waals surface area (Å²) in [4.78, 5) is 39.8. The number of nitriles is 1. The lowest BCUT2D eigenvalue weighted by atomic mass is 9.87. The SMILES string of the molecule is CCCN1CCC(N2CCN(C(=O)OC3(c4cccnc4OCC)C(=O)N(S(=O)(=O)c4ccc(OC)cc4)c4ccc(C#N)cc43)CC2)CC1. The molecule has 3 aliphatic heterocycles. The minimum atomic E-state index is -4.57. The number of nitrogens with zero attached hydrogens (tertiary/aromatic N) is 6. The largest absolute Gasteiger partial charge is 0.497 e.